The van der Waals surface area contributed by atoms with E-state index in [1.54, 1.807) is 6.20 Å². The van der Waals surface area contributed by atoms with Crippen LogP contribution in [0.4, 0.5) is 11.5 Å². The highest BCUT2D eigenvalue weighted by atomic mass is 79.9. The van der Waals surface area contributed by atoms with Crippen LogP contribution < -0.4 is 10.6 Å². The topological polar surface area (TPSA) is 54.0 Å². The van der Waals surface area contributed by atoms with E-state index in [-0.39, 0.29) is 17.9 Å². The Balaban J connectivity index is 2.34. The van der Waals surface area contributed by atoms with E-state index in [2.05, 4.69) is 31.5 Å². The van der Waals surface area contributed by atoms with Crippen LogP contribution in [0.2, 0.25) is 0 Å². The molecule has 0 aliphatic carbocycles. The molecule has 0 aromatic carbocycles. The molecule has 0 saturated carbocycles. The molecule has 15 heavy (non-hydrogen) atoms. The highest BCUT2D eigenvalue weighted by molar-refractivity contribution is 9.10. The van der Waals surface area contributed by atoms with Crippen molar-refractivity contribution < 1.29 is 4.79 Å². The second-order valence-electron chi connectivity index (χ2n) is 3.90. The Morgan fingerprint density at radius 3 is 2.93 bits per heavy atom. The summed E-state index contributed by atoms with van der Waals surface area (Å²) < 4.78 is 0.853. The Morgan fingerprint density at radius 1 is 1.53 bits per heavy atom. The lowest BCUT2D eigenvalue weighted by molar-refractivity contribution is -0.117. The van der Waals surface area contributed by atoms with E-state index in [9.17, 15) is 4.79 Å². The lowest BCUT2D eigenvalue weighted by atomic mass is 10.0. The van der Waals surface area contributed by atoms with Crippen LogP contribution in [0.15, 0.2) is 16.7 Å². The van der Waals surface area contributed by atoms with Crippen LogP contribution in [0, 0.1) is 5.92 Å². The van der Waals surface area contributed by atoms with Crippen LogP contribution in [0.25, 0.3) is 0 Å². The first-order valence-corrected chi connectivity index (χ1v) is 5.60. The van der Waals surface area contributed by atoms with Gasteiger partial charge in [0.15, 0.2) is 5.82 Å². The van der Waals surface area contributed by atoms with Crippen molar-refractivity contribution >= 4 is 33.3 Å². The number of carbonyl (C=O) groups excluding carboxylic acids is 1. The third-order valence-corrected chi connectivity index (χ3v) is 2.79. The van der Waals surface area contributed by atoms with Gasteiger partial charge in [-0.15, -0.1) is 0 Å². The van der Waals surface area contributed by atoms with Crippen molar-refractivity contribution in [1.82, 2.24) is 4.98 Å². The molecule has 1 atom stereocenters. The van der Waals surface area contributed by atoms with Gasteiger partial charge < -0.3 is 10.6 Å². The van der Waals surface area contributed by atoms with Crippen LogP contribution in [0.3, 0.4) is 0 Å². The molecular weight excluding hydrogens is 258 g/mol. The van der Waals surface area contributed by atoms with Gasteiger partial charge in [-0.2, -0.15) is 0 Å². The highest BCUT2D eigenvalue weighted by Gasteiger charge is 2.28. The first kappa shape index (κ1) is 10.4. The molecule has 1 aliphatic rings. The Labute approximate surface area is 96.6 Å². The molecular formula is C10H12BrN3O. The SMILES string of the molecule is CC(C)C1Nc2ncc(Br)cc2NC1=O. The van der Waals surface area contributed by atoms with Crippen molar-refractivity contribution in [1.29, 1.82) is 0 Å². The van der Waals surface area contributed by atoms with E-state index in [1.165, 1.54) is 0 Å². The molecule has 2 heterocycles. The van der Waals surface area contributed by atoms with Gasteiger partial charge in [-0.25, -0.2) is 4.98 Å². The van der Waals surface area contributed by atoms with Gasteiger partial charge in [-0.3, -0.25) is 4.79 Å². The van der Waals surface area contributed by atoms with Crippen molar-refractivity contribution in [3.63, 3.8) is 0 Å². The summed E-state index contributed by atoms with van der Waals surface area (Å²) in [5.74, 6) is 0.970. The van der Waals surface area contributed by atoms with Crippen molar-refractivity contribution in [3.05, 3.63) is 16.7 Å². The van der Waals surface area contributed by atoms with Gasteiger partial charge in [0, 0.05) is 10.7 Å². The zero-order valence-corrected chi connectivity index (χ0v) is 10.1. The number of rotatable bonds is 1. The maximum atomic E-state index is 11.7. The fourth-order valence-corrected chi connectivity index (χ4v) is 1.87. The van der Waals surface area contributed by atoms with Crippen molar-refractivity contribution in [2.75, 3.05) is 10.6 Å². The summed E-state index contributed by atoms with van der Waals surface area (Å²) in [6.07, 6.45) is 1.71. The Kier molecular flexibility index (Phi) is 2.65. The zero-order valence-electron chi connectivity index (χ0n) is 8.54. The number of hydrogen-bond acceptors (Lipinski definition) is 3. The summed E-state index contributed by atoms with van der Waals surface area (Å²) >= 11 is 3.31. The molecule has 0 fully saturated rings. The average molecular weight is 270 g/mol. The largest absolute Gasteiger partial charge is 0.356 e. The molecule has 1 amide bonds. The van der Waals surface area contributed by atoms with Gasteiger partial charge in [0.05, 0.1) is 5.69 Å². The summed E-state index contributed by atoms with van der Waals surface area (Å²) in [6.45, 7) is 4.00. The van der Waals surface area contributed by atoms with E-state index in [0.717, 1.165) is 16.0 Å². The van der Waals surface area contributed by atoms with Gasteiger partial charge in [0.25, 0.3) is 0 Å². The molecule has 2 N–H and O–H groups in total. The lowest BCUT2D eigenvalue weighted by Gasteiger charge is -2.28. The molecule has 1 aromatic heterocycles. The van der Waals surface area contributed by atoms with Gasteiger partial charge in [-0.1, -0.05) is 13.8 Å². The molecule has 1 aromatic rings. The molecule has 80 valence electrons. The smallest absolute Gasteiger partial charge is 0.247 e. The normalized spacial score (nSPS) is 19.5. The summed E-state index contributed by atoms with van der Waals surface area (Å²) in [7, 11) is 0. The lowest BCUT2D eigenvalue weighted by Crippen LogP contribution is -2.42. The minimum atomic E-state index is -0.203. The zero-order chi connectivity index (χ0) is 11.0. The molecule has 4 nitrogen and oxygen atoms in total. The minimum absolute atomic E-state index is 0.00241. The first-order chi connectivity index (χ1) is 7.08. The summed E-state index contributed by atoms with van der Waals surface area (Å²) in [5, 5.41) is 5.97. The summed E-state index contributed by atoms with van der Waals surface area (Å²) in [4.78, 5) is 15.9. The Morgan fingerprint density at radius 2 is 2.27 bits per heavy atom. The second-order valence-corrected chi connectivity index (χ2v) is 4.82. The third-order valence-electron chi connectivity index (χ3n) is 2.35. The standard InChI is InChI=1S/C10H12BrN3O/c1-5(2)8-10(15)13-7-3-6(11)4-12-9(7)14-8/h3-5,8H,1-2H3,(H,12,14)(H,13,15). The summed E-state index contributed by atoms with van der Waals surface area (Å²) in [6, 6.07) is 1.63. The Bertz CT molecular complexity index is 406. The number of halogens is 1. The van der Waals surface area contributed by atoms with E-state index < -0.39 is 0 Å². The maximum absolute atomic E-state index is 11.7. The minimum Gasteiger partial charge on any atom is -0.356 e. The number of amides is 1. The Hall–Kier alpha value is -1.10. The van der Waals surface area contributed by atoms with Crippen LogP contribution in [-0.2, 0) is 4.79 Å². The van der Waals surface area contributed by atoms with Crippen LogP contribution >= 0.6 is 15.9 Å². The van der Waals surface area contributed by atoms with Crippen molar-refractivity contribution in [3.8, 4) is 0 Å². The fourth-order valence-electron chi connectivity index (χ4n) is 1.54. The maximum Gasteiger partial charge on any atom is 0.247 e. The number of aromatic nitrogens is 1. The van der Waals surface area contributed by atoms with Crippen molar-refractivity contribution in [2.45, 2.75) is 19.9 Å². The number of fused-ring (bicyclic) bond motifs is 1. The number of hydrogen-bond donors (Lipinski definition) is 2. The second kappa shape index (κ2) is 3.81. The predicted molar refractivity (Wildman–Crippen MR) is 62.8 cm³/mol. The van der Waals surface area contributed by atoms with Gasteiger partial charge in [-0.05, 0) is 27.9 Å². The quantitative estimate of drug-likeness (QED) is 0.822. The molecule has 5 heteroatoms. The van der Waals surface area contributed by atoms with E-state index in [0.29, 0.717) is 0 Å². The molecule has 0 radical (unpaired) electrons. The van der Waals surface area contributed by atoms with Gasteiger partial charge in [0.2, 0.25) is 5.91 Å². The first-order valence-electron chi connectivity index (χ1n) is 4.81. The van der Waals surface area contributed by atoms with Gasteiger partial charge in [0.1, 0.15) is 6.04 Å². The van der Waals surface area contributed by atoms with Crippen molar-refractivity contribution in [2.24, 2.45) is 5.92 Å². The number of anilines is 2. The van der Waals surface area contributed by atoms with Crippen LogP contribution in [-0.4, -0.2) is 16.9 Å². The van der Waals surface area contributed by atoms with E-state index in [4.69, 9.17) is 0 Å². The molecule has 2 rings (SSSR count). The number of nitrogens with one attached hydrogen (secondary N) is 2. The predicted octanol–water partition coefficient (Wildman–Crippen LogP) is 2.23. The molecule has 1 unspecified atom stereocenters. The highest BCUT2D eigenvalue weighted by Crippen LogP contribution is 2.28. The van der Waals surface area contributed by atoms with Crippen LogP contribution in [0.5, 0.6) is 0 Å². The number of pyridine rings is 1. The average Bonchev–Trinajstić information content (AvgIpc) is 2.15. The third kappa shape index (κ3) is 1.97. The van der Waals surface area contributed by atoms with Crippen LogP contribution in [0.1, 0.15) is 13.8 Å². The monoisotopic (exact) mass is 269 g/mol. The van der Waals surface area contributed by atoms with E-state index in [1.807, 2.05) is 19.9 Å². The summed E-state index contributed by atoms with van der Waals surface area (Å²) in [5.41, 5.74) is 0.728. The molecule has 1 aliphatic heterocycles. The number of carbonyl (C=O) groups is 1. The van der Waals surface area contributed by atoms with E-state index >= 15 is 0 Å². The fraction of sp³-hybridized carbons (Fsp3) is 0.400. The molecule has 0 bridgehead atoms. The molecule has 0 spiro atoms. The number of nitrogens with zero attached hydrogens (tertiary/aromatic N) is 1. The van der Waals surface area contributed by atoms with Gasteiger partial charge >= 0.3 is 0 Å². The molecule has 0 saturated heterocycles.